The van der Waals surface area contributed by atoms with Crippen LogP contribution >= 0.6 is 22.6 Å². The number of hydrogen-bond acceptors (Lipinski definition) is 3. The van der Waals surface area contributed by atoms with E-state index in [0.717, 1.165) is 25.9 Å². The van der Waals surface area contributed by atoms with Crippen molar-refractivity contribution in [3.63, 3.8) is 0 Å². The smallest absolute Gasteiger partial charge is 0.307 e. The molecule has 0 bridgehead atoms. The molecule has 0 unspecified atom stereocenters. The number of ether oxygens (including phenoxy) is 1. The van der Waals surface area contributed by atoms with Crippen molar-refractivity contribution in [3.05, 3.63) is 92.6 Å². The van der Waals surface area contributed by atoms with Crippen LogP contribution in [0.4, 0.5) is 5.69 Å². The van der Waals surface area contributed by atoms with Crippen LogP contribution in [0.25, 0.3) is 0 Å². The Hall–Kier alpha value is -2.87. The molecule has 3 aromatic rings. The molecule has 146 valence electrons. The zero-order chi connectivity index (χ0) is 20.4. The fourth-order valence-electron chi connectivity index (χ4n) is 3.43. The lowest BCUT2D eigenvalue weighted by Gasteiger charge is -2.16. The van der Waals surface area contributed by atoms with Gasteiger partial charge in [0.15, 0.2) is 0 Å². The zero-order valence-electron chi connectivity index (χ0n) is 15.5. The predicted molar refractivity (Wildman–Crippen MR) is 118 cm³/mol. The first kappa shape index (κ1) is 19.4. The molecule has 0 spiro atoms. The van der Waals surface area contributed by atoms with E-state index in [2.05, 4.69) is 22.6 Å². The number of carbonyl (C=O) groups is 2. The van der Waals surface area contributed by atoms with Gasteiger partial charge < -0.3 is 14.7 Å². The van der Waals surface area contributed by atoms with Gasteiger partial charge >= 0.3 is 5.97 Å². The second-order valence-corrected chi connectivity index (χ2v) is 8.07. The topological polar surface area (TPSA) is 66.8 Å². The van der Waals surface area contributed by atoms with Gasteiger partial charge in [0, 0.05) is 20.4 Å². The van der Waals surface area contributed by atoms with Crippen LogP contribution in [-0.2, 0) is 24.4 Å². The summed E-state index contributed by atoms with van der Waals surface area (Å²) in [5, 5.41) is 8.96. The predicted octanol–water partition coefficient (Wildman–Crippen LogP) is 4.66. The number of amides is 1. The molecule has 4 rings (SSSR count). The summed E-state index contributed by atoms with van der Waals surface area (Å²) < 4.78 is 7.13. The van der Waals surface area contributed by atoms with E-state index >= 15 is 0 Å². The molecule has 3 aromatic carbocycles. The van der Waals surface area contributed by atoms with E-state index in [1.807, 2.05) is 60.7 Å². The summed E-state index contributed by atoms with van der Waals surface area (Å²) in [7, 11) is 0. The minimum atomic E-state index is -0.863. The van der Waals surface area contributed by atoms with Gasteiger partial charge in [-0.15, -0.1) is 0 Å². The van der Waals surface area contributed by atoms with E-state index in [0.29, 0.717) is 24.5 Å². The number of hydrogen-bond donors (Lipinski definition) is 1. The number of carboxylic acids is 1. The molecule has 0 saturated heterocycles. The van der Waals surface area contributed by atoms with Gasteiger partial charge in [0.05, 0.1) is 13.0 Å². The van der Waals surface area contributed by atoms with Crippen molar-refractivity contribution in [1.29, 1.82) is 0 Å². The van der Waals surface area contributed by atoms with Gasteiger partial charge in [0.2, 0.25) is 0 Å². The summed E-state index contributed by atoms with van der Waals surface area (Å²) >= 11 is 2.24. The first-order valence-electron chi connectivity index (χ1n) is 9.13. The molecule has 1 aliphatic heterocycles. The highest BCUT2D eigenvalue weighted by molar-refractivity contribution is 14.1. The largest absolute Gasteiger partial charge is 0.489 e. The standard InChI is InChI=1S/C23H18INO4/c24-17-7-9-18(10-8-17)25-13-20-19(23(25)28)5-2-6-21(20)29-14-16-4-1-3-15(11-16)12-22(26)27/h1-11H,12-14H2,(H,26,27). The maximum atomic E-state index is 12.9. The minimum Gasteiger partial charge on any atom is -0.489 e. The van der Waals surface area contributed by atoms with E-state index in [1.54, 1.807) is 11.0 Å². The Bertz CT molecular complexity index is 1080. The van der Waals surface area contributed by atoms with Crippen LogP contribution in [0.15, 0.2) is 66.7 Å². The molecule has 0 aromatic heterocycles. The zero-order valence-corrected chi connectivity index (χ0v) is 17.6. The lowest BCUT2D eigenvalue weighted by molar-refractivity contribution is -0.136. The van der Waals surface area contributed by atoms with Crippen molar-refractivity contribution in [2.75, 3.05) is 4.90 Å². The Morgan fingerprint density at radius 3 is 2.52 bits per heavy atom. The number of fused-ring (bicyclic) bond motifs is 1. The molecule has 1 amide bonds. The van der Waals surface area contributed by atoms with Crippen LogP contribution in [0.5, 0.6) is 5.75 Å². The van der Waals surface area contributed by atoms with E-state index in [1.165, 1.54) is 0 Å². The third-order valence-electron chi connectivity index (χ3n) is 4.80. The number of carbonyl (C=O) groups excluding carboxylic acids is 1. The average Bonchev–Trinajstić information content (AvgIpc) is 3.04. The number of anilines is 1. The lowest BCUT2D eigenvalue weighted by atomic mass is 10.1. The Morgan fingerprint density at radius 2 is 1.76 bits per heavy atom. The highest BCUT2D eigenvalue weighted by Gasteiger charge is 2.30. The number of carboxylic acid groups (broad SMARTS) is 1. The van der Waals surface area contributed by atoms with Crippen molar-refractivity contribution < 1.29 is 19.4 Å². The first-order valence-corrected chi connectivity index (χ1v) is 10.2. The quantitative estimate of drug-likeness (QED) is 0.502. The van der Waals surface area contributed by atoms with E-state index in [9.17, 15) is 9.59 Å². The van der Waals surface area contributed by atoms with E-state index in [4.69, 9.17) is 9.84 Å². The van der Waals surface area contributed by atoms with Gasteiger partial charge in [0.1, 0.15) is 12.4 Å². The van der Waals surface area contributed by atoms with Crippen molar-refractivity contribution in [2.24, 2.45) is 0 Å². The van der Waals surface area contributed by atoms with Crippen LogP contribution in [-0.4, -0.2) is 17.0 Å². The first-order chi connectivity index (χ1) is 14.0. The van der Waals surface area contributed by atoms with Gasteiger partial charge in [-0.2, -0.15) is 0 Å². The molecule has 5 nitrogen and oxygen atoms in total. The molecular weight excluding hydrogens is 481 g/mol. The van der Waals surface area contributed by atoms with E-state index in [-0.39, 0.29) is 12.3 Å². The summed E-state index contributed by atoms with van der Waals surface area (Å²) in [4.78, 5) is 25.5. The summed E-state index contributed by atoms with van der Waals surface area (Å²) in [5.74, 6) is -0.222. The van der Waals surface area contributed by atoms with Gasteiger partial charge in [0.25, 0.3) is 5.91 Å². The number of aliphatic carboxylic acids is 1. The van der Waals surface area contributed by atoms with Gasteiger partial charge in [-0.25, -0.2) is 0 Å². The number of nitrogens with zero attached hydrogens (tertiary/aromatic N) is 1. The number of rotatable bonds is 6. The molecule has 6 heteroatoms. The Balaban J connectivity index is 1.53. The summed E-state index contributed by atoms with van der Waals surface area (Å²) in [6, 6.07) is 20.7. The third-order valence-corrected chi connectivity index (χ3v) is 5.52. The normalized spacial score (nSPS) is 12.7. The Labute approximate surface area is 182 Å². The molecule has 1 aliphatic rings. The fourth-order valence-corrected chi connectivity index (χ4v) is 3.79. The molecule has 0 radical (unpaired) electrons. The maximum absolute atomic E-state index is 12.9. The van der Waals surface area contributed by atoms with Crippen molar-refractivity contribution >= 4 is 40.2 Å². The summed E-state index contributed by atoms with van der Waals surface area (Å²) in [6.45, 7) is 0.769. The second kappa shape index (κ2) is 8.24. The third kappa shape index (κ3) is 4.27. The molecule has 0 atom stereocenters. The minimum absolute atomic E-state index is 0.0198. The summed E-state index contributed by atoms with van der Waals surface area (Å²) in [6.07, 6.45) is -0.0198. The van der Waals surface area contributed by atoms with Crippen LogP contribution < -0.4 is 9.64 Å². The van der Waals surface area contributed by atoms with Gasteiger partial charge in [-0.3, -0.25) is 9.59 Å². The van der Waals surface area contributed by atoms with Crippen LogP contribution in [0.1, 0.15) is 27.0 Å². The monoisotopic (exact) mass is 499 g/mol. The molecule has 0 saturated carbocycles. The SMILES string of the molecule is O=C(O)Cc1cccc(COc2cccc3c2CN(c2ccc(I)cc2)C3=O)c1. The highest BCUT2D eigenvalue weighted by Crippen LogP contribution is 2.34. The Morgan fingerprint density at radius 1 is 1.03 bits per heavy atom. The van der Waals surface area contributed by atoms with Crippen molar-refractivity contribution in [3.8, 4) is 5.75 Å². The second-order valence-electron chi connectivity index (χ2n) is 6.83. The van der Waals surface area contributed by atoms with Crippen LogP contribution in [0, 0.1) is 3.57 Å². The molecule has 0 aliphatic carbocycles. The lowest BCUT2D eigenvalue weighted by Crippen LogP contribution is -2.22. The molecule has 29 heavy (non-hydrogen) atoms. The average molecular weight is 499 g/mol. The number of halogens is 1. The molecule has 0 fully saturated rings. The fraction of sp³-hybridized carbons (Fsp3) is 0.130. The Kier molecular flexibility index (Phi) is 5.53. The maximum Gasteiger partial charge on any atom is 0.307 e. The molecule has 1 heterocycles. The van der Waals surface area contributed by atoms with Crippen LogP contribution in [0.2, 0.25) is 0 Å². The van der Waals surface area contributed by atoms with Gasteiger partial charge in [-0.05, 0) is 70.1 Å². The number of benzene rings is 3. The van der Waals surface area contributed by atoms with Gasteiger partial charge in [-0.1, -0.05) is 30.3 Å². The molecule has 1 N–H and O–H groups in total. The van der Waals surface area contributed by atoms with Crippen molar-refractivity contribution in [1.82, 2.24) is 0 Å². The van der Waals surface area contributed by atoms with E-state index < -0.39 is 5.97 Å². The highest BCUT2D eigenvalue weighted by atomic mass is 127. The van der Waals surface area contributed by atoms with Crippen LogP contribution in [0.3, 0.4) is 0 Å². The van der Waals surface area contributed by atoms with Crippen molar-refractivity contribution in [2.45, 2.75) is 19.6 Å². The molecular formula is C23H18INO4. The summed E-state index contributed by atoms with van der Waals surface area (Å²) in [5.41, 5.74) is 4.01.